The summed E-state index contributed by atoms with van der Waals surface area (Å²) in [6.45, 7) is 0.956. The molecule has 2 saturated heterocycles. The molecule has 12 heteroatoms. The van der Waals surface area contributed by atoms with Crippen molar-refractivity contribution in [3.8, 4) is 0 Å². The standard InChI is InChI=1S/C10H18N4O7S/c1-11-4-5-20-12-9(15)8-3-2-7-6-13(8)10(16)14(7)21-22(17,18)19/h7-8,11H,2-6H2,1H3,(H,12,15)(H,17,18,19)/t7-,8-/m1/s1. The highest BCUT2D eigenvalue weighted by molar-refractivity contribution is 7.80. The quantitative estimate of drug-likeness (QED) is 0.282. The number of rotatable bonds is 7. The number of hydrogen-bond acceptors (Lipinski definition) is 7. The van der Waals surface area contributed by atoms with Crippen LogP contribution in [0.25, 0.3) is 0 Å². The molecule has 0 unspecified atom stereocenters. The molecule has 2 bridgehead atoms. The number of hydrogen-bond donors (Lipinski definition) is 3. The molecule has 0 aromatic carbocycles. The van der Waals surface area contributed by atoms with Crippen LogP contribution in [0.15, 0.2) is 0 Å². The molecule has 0 radical (unpaired) electrons. The average molecular weight is 338 g/mol. The average Bonchev–Trinajstić information content (AvgIpc) is 2.67. The van der Waals surface area contributed by atoms with E-state index >= 15 is 0 Å². The van der Waals surface area contributed by atoms with E-state index < -0.39 is 34.4 Å². The SMILES string of the molecule is CNCCONC(=O)[C@H]1CC[C@@H]2CN1C(=O)N2OS(=O)(=O)O. The second kappa shape index (κ2) is 6.75. The predicted molar refractivity (Wildman–Crippen MR) is 71.4 cm³/mol. The first-order valence-electron chi connectivity index (χ1n) is 6.66. The Kier molecular flexibility index (Phi) is 5.18. The molecule has 2 heterocycles. The first-order chi connectivity index (χ1) is 10.3. The van der Waals surface area contributed by atoms with Crippen LogP contribution >= 0.6 is 0 Å². The molecule has 3 N–H and O–H groups in total. The van der Waals surface area contributed by atoms with Gasteiger partial charge in [0.15, 0.2) is 0 Å². The monoisotopic (exact) mass is 338 g/mol. The summed E-state index contributed by atoms with van der Waals surface area (Å²) in [4.78, 5) is 30.2. The highest BCUT2D eigenvalue weighted by Crippen LogP contribution is 2.30. The van der Waals surface area contributed by atoms with E-state index in [1.165, 1.54) is 4.90 Å². The van der Waals surface area contributed by atoms with Crippen LogP contribution in [0.5, 0.6) is 0 Å². The zero-order chi connectivity index (χ0) is 16.3. The summed E-state index contributed by atoms with van der Waals surface area (Å²) in [6, 6.07) is -2.08. The topological polar surface area (TPSA) is 138 Å². The van der Waals surface area contributed by atoms with Gasteiger partial charge in [-0.25, -0.2) is 10.3 Å². The minimum Gasteiger partial charge on any atom is -0.317 e. The van der Waals surface area contributed by atoms with Crippen LogP contribution in [0.1, 0.15) is 12.8 Å². The third-order valence-electron chi connectivity index (χ3n) is 3.43. The summed E-state index contributed by atoms with van der Waals surface area (Å²) >= 11 is 0. The van der Waals surface area contributed by atoms with Gasteiger partial charge >= 0.3 is 16.4 Å². The summed E-state index contributed by atoms with van der Waals surface area (Å²) in [6.07, 6.45) is 0.704. The van der Waals surface area contributed by atoms with Crippen molar-refractivity contribution in [2.24, 2.45) is 0 Å². The Morgan fingerprint density at radius 3 is 2.82 bits per heavy atom. The van der Waals surface area contributed by atoms with Gasteiger partial charge in [0, 0.05) is 13.1 Å². The molecular weight excluding hydrogens is 320 g/mol. The van der Waals surface area contributed by atoms with E-state index in [0.29, 0.717) is 24.4 Å². The molecule has 2 fully saturated rings. The van der Waals surface area contributed by atoms with E-state index in [4.69, 9.17) is 9.39 Å². The molecule has 2 atom stereocenters. The fourth-order valence-corrected chi connectivity index (χ4v) is 2.84. The minimum atomic E-state index is -4.79. The second-order valence-corrected chi connectivity index (χ2v) is 5.93. The Morgan fingerprint density at radius 1 is 1.45 bits per heavy atom. The lowest BCUT2D eigenvalue weighted by atomic mass is 10.0. The summed E-state index contributed by atoms with van der Waals surface area (Å²) < 4.78 is 34.5. The third kappa shape index (κ3) is 3.84. The van der Waals surface area contributed by atoms with Gasteiger partial charge in [-0.05, 0) is 19.9 Å². The summed E-state index contributed by atoms with van der Waals surface area (Å²) in [5, 5.41) is 3.43. The number of hydroxylamine groups is 3. The number of piperidine rings is 1. The van der Waals surface area contributed by atoms with Crippen LogP contribution in [0.4, 0.5) is 4.79 Å². The van der Waals surface area contributed by atoms with Gasteiger partial charge in [0.25, 0.3) is 5.91 Å². The van der Waals surface area contributed by atoms with E-state index in [-0.39, 0.29) is 13.2 Å². The van der Waals surface area contributed by atoms with E-state index in [1.807, 2.05) is 0 Å². The first-order valence-corrected chi connectivity index (χ1v) is 8.03. The number of carbonyl (C=O) groups excluding carboxylic acids is 2. The third-order valence-corrected chi connectivity index (χ3v) is 3.78. The van der Waals surface area contributed by atoms with Crippen molar-refractivity contribution < 1.29 is 31.7 Å². The molecule has 2 aliphatic rings. The van der Waals surface area contributed by atoms with Crippen molar-refractivity contribution in [1.82, 2.24) is 20.8 Å². The maximum absolute atomic E-state index is 12.1. The van der Waals surface area contributed by atoms with Crippen molar-refractivity contribution in [2.45, 2.75) is 24.9 Å². The highest BCUT2D eigenvalue weighted by Gasteiger charge is 2.49. The first kappa shape index (κ1) is 16.9. The van der Waals surface area contributed by atoms with Crippen LogP contribution < -0.4 is 10.8 Å². The van der Waals surface area contributed by atoms with Gasteiger partial charge in [0.2, 0.25) is 0 Å². The van der Waals surface area contributed by atoms with Gasteiger partial charge in [-0.15, -0.1) is 4.28 Å². The largest absolute Gasteiger partial charge is 0.418 e. The number of nitrogens with one attached hydrogen (secondary N) is 2. The second-order valence-electron chi connectivity index (χ2n) is 4.93. The van der Waals surface area contributed by atoms with Gasteiger partial charge in [-0.1, -0.05) is 0 Å². The Labute approximate surface area is 127 Å². The van der Waals surface area contributed by atoms with Gasteiger partial charge in [0.1, 0.15) is 6.04 Å². The van der Waals surface area contributed by atoms with Crippen LogP contribution in [0, 0.1) is 0 Å². The molecule has 0 spiro atoms. The Morgan fingerprint density at radius 2 is 2.18 bits per heavy atom. The summed E-state index contributed by atoms with van der Waals surface area (Å²) in [7, 11) is -3.06. The van der Waals surface area contributed by atoms with Gasteiger partial charge < -0.3 is 10.2 Å². The number of nitrogens with zero attached hydrogens (tertiary/aromatic N) is 2. The van der Waals surface area contributed by atoms with Gasteiger partial charge in [-0.3, -0.25) is 14.2 Å². The van der Waals surface area contributed by atoms with E-state index in [1.54, 1.807) is 7.05 Å². The molecule has 22 heavy (non-hydrogen) atoms. The lowest BCUT2D eigenvalue weighted by Gasteiger charge is -2.28. The van der Waals surface area contributed by atoms with Gasteiger partial charge in [-0.2, -0.15) is 13.5 Å². The number of likely N-dealkylation sites (N-methyl/N-ethyl adjacent to an activating group) is 1. The number of urea groups is 1. The van der Waals surface area contributed by atoms with Gasteiger partial charge in [0.05, 0.1) is 12.6 Å². The van der Waals surface area contributed by atoms with Crippen molar-refractivity contribution in [3.05, 3.63) is 0 Å². The molecule has 126 valence electrons. The van der Waals surface area contributed by atoms with Crippen molar-refractivity contribution in [3.63, 3.8) is 0 Å². The lowest BCUT2D eigenvalue weighted by molar-refractivity contribution is -0.138. The molecule has 3 amide bonds. The highest BCUT2D eigenvalue weighted by atomic mass is 32.3. The minimum absolute atomic E-state index is 0.142. The van der Waals surface area contributed by atoms with Crippen molar-refractivity contribution >= 4 is 22.3 Å². The van der Waals surface area contributed by atoms with Crippen molar-refractivity contribution in [2.75, 3.05) is 26.7 Å². The normalized spacial score (nSPS) is 24.7. The van der Waals surface area contributed by atoms with Crippen LogP contribution in [0.2, 0.25) is 0 Å². The van der Waals surface area contributed by atoms with E-state index in [0.717, 1.165) is 0 Å². The molecule has 11 nitrogen and oxygen atoms in total. The maximum atomic E-state index is 12.1. The van der Waals surface area contributed by atoms with Crippen molar-refractivity contribution in [1.29, 1.82) is 0 Å². The molecule has 0 aromatic rings. The Balaban J connectivity index is 1.95. The molecule has 0 saturated carbocycles. The van der Waals surface area contributed by atoms with E-state index in [2.05, 4.69) is 15.1 Å². The number of carbonyl (C=O) groups is 2. The maximum Gasteiger partial charge on any atom is 0.418 e. The Hall–Kier alpha value is -1.47. The molecule has 2 aliphatic heterocycles. The zero-order valence-corrected chi connectivity index (χ0v) is 12.7. The fourth-order valence-electron chi connectivity index (χ4n) is 2.45. The van der Waals surface area contributed by atoms with Crippen LogP contribution in [0.3, 0.4) is 0 Å². The smallest absolute Gasteiger partial charge is 0.317 e. The summed E-state index contributed by atoms with van der Waals surface area (Å²) in [5.74, 6) is -0.489. The summed E-state index contributed by atoms with van der Waals surface area (Å²) in [5.41, 5.74) is 2.25. The molecular formula is C10H18N4O7S. The molecule has 0 aliphatic carbocycles. The van der Waals surface area contributed by atoms with Crippen LogP contribution in [-0.2, 0) is 24.3 Å². The fraction of sp³-hybridized carbons (Fsp3) is 0.800. The Bertz CT molecular complexity index is 539. The lowest BCUT2D eigenvalue weighted by Crippen LogP contribution is -2.50. The zero-order valence-electron chi connectivity index (χ0n) is 11.9. The van der Waals surface area contributed by atoms with E-state index in [9.17, 15) is 18.0 Å². The van der Waals surface area contributed by atoms with Crippen LogP contribution in [-0.4, -0.2) is 73.7 Å². The number of fused-ring (bicyclic) bond motifs is 2. The number of amides is 3. The molecule has 2 rings (SSSR count). The predicted octanol–water partition coefficient (Wildman–Crippen LogP) is -1.74. The molecule has 0 aromatic heterocycles.